The Morgan fingerprint density at radius 1 is 1.60 bits per heavy atom. The van der Waals surface area contributed by atoms with Crippen molar-refractivity contribution in [2.75, 3.05) is 0 Å². The van der Waals surface area contributed by atoms with Crippen LogP contribution < -0.4 is 5.73 Å². The fourth-order valence-electron chi connectivity index (χ4n) is 0.541. The van der Waals surface area contributed by atoms with Crippen molar-refractivity contribution < 1.29 is 4.39 Å². The molecule has 0 rings (SSSR count). The Hall–Kier alpha value is -0.370. The second-order valence-electron chi connectivity index (χ2n) is 2.73. The normalized spacial score (nSPS) is 18.7. The van der Waals surface area contributed by atoms with Crippen LogP contribution in [0.25, 0.3) is 0 Å². The van der Waals surface area contributed by atoms with E-state index < -0.39 is 6.04 Å². The van der Waals surface area contributed by atoms with E-state index in [1.165, 1.54) is 0 Å². The number of hydrogen-bond acceptors (Lipinski definition) is 1. The molecular weight excluding hydrogens is 129 g/mol. The van der Waals surface area contributed by atoms with Gasteiger partial charge in [0.2, 0.25) is 0 Å². The van der Waals surface area contributed by atoms with Gasteiger partial charge >= 0.3 is 0 Å². The summed E-state index contributed by atoms with van der Waals surface area (Å²) in [4.78, 5) is 0. The molecule has 0 spiro atoms. The van der Waals surface area contributed by atoms with Gasteiger partial charge in [-0.15, -0.1) is 0 Å². The zero-order valence-corrected chi connectivity index (χ0v) is 6.89. The average Bonchev–Trinajstić information content (AvgIpc) is 1.87. The van der Waals surface area contributed by atoms with Crippen molar-refractivity contribution in [2.24, 2.45) is 11.7 Å². The predicted octanol–water partition coefficient (Wildman–Crippen LogP) is 2.23. The van der Waals surface area contributed by atoms with E-state index >= 15 is 0 Å². The van der Waals surface area contributed by atoms with E-state index in [-0.39, 0.29) is 5.83 Å². The van der Waals surface area contributed by atoms with Gasteiger partial charge in [-0.25, -0.2) is 4.39 Å². The average molecular weight is 145 g/mol. The van der Waals surface area contributed by atoms with Gasteiger partial charge in [-0.2, -0.15) is 0 Å². The second-order valence-corrected chi connectivity index (χ2v) is 2.73. The monoisotopic (exact) mass is 145 g/mol. The maximum Gasteiger partial charge on any atom is 0.113 e. The van der Waals surface area contributed by atoms with Crippen LogP contribution in [-0.2, 0) is 0 Å². The van der Waals surface area contributed by atoms with Crippen molar-refractivity contribution in [3.05, 3.63) is 11.9 Å². The van der Waals surface area contributed by atoms with Crippen LogP contribution in [0.5, 0.6) is 0 Å². The highest BCUT2D eigenvalue weighted by Crippen LogP contribution is 2.09. The van der Waals surface area contributed by atoms with Crippen LogP contribution in [-0.4, -0.2) is 6.04 Å². The maximum atomic E-state index is 12.7. The number of hydrogen-bond donors (Lipinski definition) is 1. The third-order valence-corrected chi connectivity index (χ3v) is 1.52. The molecule has 0 amide bonds. The zero-order chi connectivity index (χ0) is 8.15. The minimum atomic E-state index is -0.450. The molecule has 0 aromatic carbocycles. The Morgan fingerprint density at radius 2 is 2.10 bits per heavy atom. The summed E-state index contributed by atoms with van der Waals surface area (Å²) in [5.41, 5.74) is 5.30. The van der Waals surface area contributed by atoms with Crippen molar-refractivity contribution in [2.45, 2.75) is 33.2 Å². The van der Waals surface area contributed by atoms with Crippen LogP contribution >= 0.6 is 0 Å². The van der Waals surface area contributed by atoms with Gasteiger partial charge in [0.1, 0.15) is 5.83 Å². The Bertz CT molecular complexity index is 118. The van der Waals surface area contributed by atoms with Crippen LogP contribution in [0.3, 0.4) is 0 Å². The van der Waals surface area contributed by atoms with Gasteiger partial charge in [0.15, 0.2) is 0 Å². The first-order valence-corrected chi connectivity index (χ1v) is 3.70. The molecule has 2 atom stereocenters. The summed E-state index contributed by atoms with van der Waals surface area (Å²) >= 11 is 0. The first kappa shape index (κ1) is 9.63. The summed E-state index contributed by atoms with van der Waals surface area (Å²) in [5.74, 6) is 0.0975. The highest BCUT2D eigenvalue weighted by molar-refractivity contribution is 5.00. The molecule has 10 heavy (non-hydrogen) atoms. The molecule has 0 aromatic heterocycles. The number of allylic oxidation sites excluding steroid dienone is 1. The van der Waals surface area contributed by atoms with E-state index in [1.807, 2.05) is 13.8 Å². The van der Waals surface area contributed by atoms with E-state index in [0.29, 0.717) is 5.92 Å². The Labute approximate surface area is 62.1 Å². The maximum absolute atomic E-state index is 12.7. The van der Waals surface area contributed by atoms with Gasteiger partial charge in [-0.05, 0) is 25.3 Å². The highest BCUT2D eigenvalue weighted by atomic mass is 19.1. The molecule has 2 N–H and O–H groups in total. The Kier molecular flexibility index (Phi) is 4.28. The molecule has 2 heteroatoms. The summed E-state index contributed by atoms with van der Waals surface area (Å²) in [7, 11) is 0. The lowest BCUT2D eigenvalue weighted by Crippen LogP contribution is -2.15. The van der Waals surface area contributed by atoms with E-state index in [4.69, 9.17) is 5.73 Å². The lowest BCUT2D eigenvalue weighted by molar-refractivity contribution is 0.537. The van der Waals surface area contributed by atoms with Gasteiger partial charge in [0.25, 0.3) is 0 Å². The summed E-state index contributed by atoms with van der Waals surface area (Å²) in [6.45, 7) is 5.64. The first-order valence-electron chi connectivity index (χ1n) is 3.70. The fourth-order valence-corrected chi connectivity index (χ4v) is 0.541. The second kappa shape index (κ2) is 4.45. The van der Waals surface area contributed by atoms with Gasteiger partial charge < -0.3 is 5.73 Å². The summed E-state index contributed by atoms with van der Waals surface area (Å²) in [6, 6.07) is -0.450. The standard InChI is InChI=1S/C8H16FN/c1-4-6(2)5-8(9)7(3)10/h5-7H,4,10H2,1-3H3/b8-5+. The summed E-state index contributed by atoms with van der Waals surface area (Å²) < 4.78 is 12.7. The Balaban J connectivity index is 3.89. The predicted molar refractivity (Wildman–Crippen MR) is 42.3 cm³/mol. The molecule has 2 unspecified atom stereocenters. The van der Waals surface area contributed by atoms with Gasteiger partial charge in [-0.3, -0.25) is 0 Å². The molecular formula is C8H16FN. The molecule has 0 fully saturated rings. The smallest absolute Gasteiger partial charge is 0.113 e. The molecule has 1 nitrogen and oxygen atoms in total. The lowest BCUT2D eigenvalue weighted by Gasteiger charge is -2.04. The zero-order valence-electron chi connectivity index (χ0n) is 6.89. The van der Waals surface area contributed by atoms with Crippen molar-refractivity contribution in [3.8, 4) is 0 Å². The molecule has 0 aliphatic rings. The molecule has 0 aliphatic heterocycles. The lowest BCUT2D eigenvalue weighted by atomic mass is 10.1. The topological polar surface area (TPSA) is 26.0 Å². The van der Waals surface area contributed by atoms with Crippen molar-refractivity contribution in [3.63, 3.8) is 0 Å². The van der Waals surface area contributed by atoms with E-state index in [2.05, 4.69) is 0 Å². The molecule has 0 saturated carbocycles. The van der Waals surface area contributed by atoms with E-state index in [1.54, 1.807) is 13.0 Å². The number of halogens is 1. The minimum absolute atomic E-state index is 0.200. The molecule has 0 heterocycles. The van der Waals surface area contributed by atoms with Gasteiger partial charge in [-0.1, -0.05) is 13.8 Å². The van der Waals surface area contributed by atoms with Crippen LogP contribution in [0.2, 0.25) is 0 Å². The third-order valence-electron chi connectivity index (χ3n) is 1.52. The van der Waals surface area contributed by atoms with Crippen molar-refractivity contribution in [1.29, 1.82) is 0 Å². The van der Waals surface area contributed by atoms with Crippen LogP contribution in [0.4, 0.5) is 4.39 Å². The summed E-state index contributed by atoms with van der Waals surface area (Å²) in [6.07, 6.45) is 2.55. The minimum Gasteiger partial charge on any atom is -0.322 e. The van der Waals surface area contributed by atoms with Gasteiger partial charge in [0.05, 0.1) is 6.04 Å². The van der Waals surface area contributed by atoms with E-state index in [0.717, 1.165) is 6.42 Å². The highest BCUT2D eigenvalue weighted by Gasteiger charge is 2.02. The molecule has 0 saturated heterocycles. The fraction of sp³-hybridized carbons (Fsp3) is 0.750. The third kappa shape index (κ3) is 3.62. The molecule has 0 aromatic rings. The molecule has 0 aliphatic carbocycles. The van der Waals surface area contributed by atoms with Gasteiger partial charge in [0, 0.05) is 0 Å². The summed E-state index contributed by atoms with van der Waals surface area (Å²) in [5, 5.41) is 0. The number of rotatable bonds is 3. The van der Waals surface area contributed by atoms with Crippen molar-refractivity contribution in [1.82, 2.24) is 0 Å². The SMILES string of the molecule is CCC(C)/C=C(/F)C(C)N. The van der Waals surface area contributed by atoms with E-state index in [9.17, 15) is 4.39 Å². The van der Waals surface area contributed by atoms with Crippen LogP contribution in [0, 0.1) is 5.92 Å². The van der Waals surface area contributed by atoms with Crippen LogP contribution in [0.15, 0.2) is 11.9 Å². The molecule has 60 valence electrons. The quantitative estimate of drug-likeness (QED) is 0.647. The molecule has 0 radical (unpaired) electrons. The van der Waals surface area contributed by atoms with Crippen molar-refractivity contribution >= 4 is 0 Å². The first-order chi connectivity index (χ1) is 4.57. The molecule has 0 bridgehead atoms. The van der Waals surface area contributed by atoms with Crippen LogP contribution in [0.1, 0.15) is 27.2 Å². The number of nitrogens with two attached hydrogens (primary N) is 1. The Morgan fingerprint density at radius 3 is 2.40 bits per heavy atom. The largest absolute Gasteiger partial charge is 0.322 e.